The van der Waals surface area contributed by atoms with Crippen molar-refractivity contribution in [3.05, 3.63) is 47.9 Å². The Bertz CT molecular complexity index is 626. The van der Waals surface area contributed by atoms with Gasteiger partial charge in [0.05, 0.1) is 16.1 Å². The van der Waals surface area contributed by atoms with Crippen LogP contribution in [0.15, 0.2) is 47.9 Å². The number of carbonyl (C=O) groups excluding carboxylic acids is 1. The molecule has 150 valence electrons. The Labute approximate surface area is 173 Å². The van der Waals surface area contributed by atoms with Crippen LogP contribution in [0.3, 0.4) is 0 Å². The fourth-order valence-corrected chi connectivity index (χ4v) is 15.7. The van der Waals surface area contributed by atoms with Crippen LogP contribution < -0.4 is 3.80 Å². The van der Waals surface area contributed by atoms with Crippen molar-refractivity contribution in [3.8, 4) is 0 Å². The van der Waals surface area contributed by atoms with Crippen LogP contribution in [0.1, 0.15) is 12.8 Å². The summed E-state index contributed by atoms with van der Waals surface area (Å²) >= 11 is -1.85. The van der Waals surface area contributed by atoms with Gasteiger partial charge < -0.3 is 0 Å². The first-order valence-electron chi connectivity index (χ1n) is 10.4. The average molecular weight is 438 g/mol. The van der Waals surface area contributed by atoms with Crippen molar-refractivity contribution in [2.45, 2.75) is 65.8 Å². The van der Waals surface area contributed by atoms with E-state index in [2.05, 4.69) is 80.5 Å². The van der Waals surface area contributed by atoms with Gasteiger partial charge in [0, 0.05) is 0 Å². The third kappa shape index (κ3) is 5.56. The summed E-state index contributed by atoms with van der Waals surface area (Å²) in [6, 6.07) is 0. The molecule has 2 nitrogen and oxygen atoms in total. The number of rotatable bonds is 6. The maximum atomic E-state index is 10.7. The molecule has 27 heavy (non-hydrogen) atoms. The molecule has 3 aliphatic rings. The fraction of sp³-hybridized carbons (Fsp3) is 0.591. The minimum atomic E-state index is -1.85. The second-order valence-corrected chi connectivity index (χ2v) is 27.6. The number of hydrogen-bond acceptors (Lipinski definition) is 1. The van der Waals surface area contributed by atoms with E-state index in [0.29, 0.717) is 0 Å². The summed E-state index contributed by atoms with van der Waals surface area (Å²) in [6.07, 6.45) is 12.8. The molecule has 2 aliphatic carbocycles. The third-order valence-corrected chi connectivity index (χ3v) is 17.9. The predicted octanol–water partition coefficient (Wildman–Crippen LogP) is 6.45. The van der Waals surface area contributed by atoms with Gasteiger partial charge in [-0.15, -0.1) is 0 Å². The van der Waals surface area contributed by atoms with E-state index in [1.54, 1.807) is 0 Å². The standard InChI is InChI=1S/C10H22Si2.C9H11.C2H4.CH3NO.Ti/c1-9(11(3,4)5)10(2)12(6,7)8;1-2-5-9-7-3-6-8(9)4-1;1-2;2-1-3;/h1-2H2,3-8H3;1-2,4-6,8-9H,3,7H2;1-2H2;1H,(H2,2,3);/q;;;;+1/p-1. The molecule has 2 fully saturated rings. The first-order chi connectivity index (χ1) is 12.4. The molecule has 5 heteroatoms. The van der Waals surface area contributed by atoms with Crippen LogP contribution in [0, 0.1) is 11.8 Å². The Morgan fingerprint density at radius 3 is 1.93 bits per heavy atom. The maximum absolute atomic E-state index is 10.7. The number of carbonyl (C=O) groups is 1. The van der Waals surface area contributed by atoms with Crippen LogP contribution in [0.4, 0.5) is 0 Å². The molecular formula is C22H39NOSi2Ti. The van der Waals surface area contributed by atoms with Crippen molar-refractivity contribution in [1.29, 1.82) is 0 Å². The summed E-state index contributed by atoms with van der Waals surface area (Å²) in [7, 11) is -2.39. The van der Waals surface area contributed by atoms with E-state index in [9.17, 15) is 4.79 Å². The van der Waals surface area contributed by atoms with Crippen LogP contribution in [-0.4, -0.2) is 22.6 Å². The molecule has 0 aromatic rings. The Morgan fingerprint density at radius 1 is 0.963 bits per heavy atom. The van der Waals surface area contributed by atoms with Gasteiger partial charge in [-0.25, -0.2) is 0 Å². The van der Waals surface area contributed by atoms with Crippen molar-refractivity contribution in [2.24, 2.45) is 11.8 Å². The van der Waals surface area contributed by atoms with Gasteiger partial charge in [0.1, 0.15) is 0 Å². The molecule has 1 N–H and O–H groups in total. The van der Waals surface area contributed by atoms with E-state index in [1.807, 2.05) is 0 Å². The summed E-state index contributed by atoms with van der Waals surface area (Å²) in [5.41, 5.74) is 0. The van der Waals surface area contributed by atoms with Crippen molar-refractivity contribution < 1.29 is 21.6 Å². The first kappa shape index (κ1) is 22.9. The quantitative estimate of drug-likeness (QED) is 0.289. The Balaban J connectivity index is 0.000000201. The molecule has 1 saturated carbocycles. The molecule has 0 bridgehead atoms. The Morgan fingerprint density at radius 2 is 1.48 bits per heavy atom. The van der Waals surface area contributed by atoms with Crippen molar-refractivity contribution in [1.82, 2.24) is 3.80 Å². The zero-order valence-corrected chi connectivity index (χ0v) is 21.8. The van der Waals surface area contributed by atoms with Gasteiger partial charge >= 0.3 is 94.5 Å². The molecule has 3 unspecified atom stereocenters. The predicted molar refractivity (Wildman–Crippen MR) is 122 cm³/mol. The van der Waals surface area contributed by atoms with E-state index in [-0.39, 0.29) is 0 Å². The van der Waals surface area contributed by atoms with E-state index in [0.717, 1.165) is 22.5 Å². The van der Waals surface area contributed by atoms with Crippen LogP contribution in [0.25, 0.3) is 0 Å². The Kier molecular flexibility index (Phi) is 7.22. The summed E-state index contributed by atoms with van der Waals surface area (Å²) < 4.78 is 6.85. The molecule has 0 aromatic heterocycles. The second kappa shape index (κ2) is 8.52. The van der Waals surface area contributed by atoms with Gasteiger partial charge in [-0.3, -0.25) is 0 Å². The van der Waals surface area contributed by atoms with Gasteiger partial charge in [0.2, 0.25) is 0 Å². The number of nitrogens with one attached hydrogen (secondary N) is 1. The van der Waals surface area contributed by atoms with Crippen LogP contribution in [-0.2, 0) is 21.6 Å². The van der Waals surface area contributed by atoms with Gasteiger partial charge in [-0.2, -0.15) is 0 Å². The van der Waals surface area contributed by atoms with Crippen molar-refractivity contribution >= 4 is 22.6 Å². The van der Waals surface area contributed by atoms with Gasteiger partial charge in [0.25, 0.3) is 0 Å². The van der Waals surface area contributed by atoms with Gasteiger partial charge in [-0.05, 0) is 0 Å². The fourth-order valence-electron chi connectivity index (χ4n) is 4.38. The molecule has 1 saturated heterocycles. The van der Waals surface area contributed by atoms with Crippen molar-refractivity contribution in [3.63, 3.8) is 0 Å². The van der Waals surface area contributed by atoms with Crippen LogP contribution in [0.2, 0.25) is 53.0 Å². The van der Waals surface area contributed by atoms with Gasteiger partial charge in [0.15, 0.2) is 0 Å². The number of amides is 1. The van der Waals surface area contributed by atoms with Crippen molar-refractivity contribution in [2.75, 3.05) is 0 Å². The second-order valence-electron chi connectivity index (χ2n) is 10.6. The molecule has 1 amide bonds. The molecule has 3 atom stereocenters. The zero-order valence-electron chi connectivity index (χ0n) is 18.3. The molecule has 1 heterocycles. The normalized spacial score (nSPS) is 27.9. The molecule has 0 aromatic carbocycles. The number of allylic oxidation sites excluding steroid dienone is 6. The average Bonchev–Trinajstić information content (AvgIpc) is 3.21. The third-order valence-electron chi connectivity index (χ3n) is 6.59. The van der Waals surface area contributed by atoms with E-state index in [1.165, 1.54) is 32.7 Å². The first-order valence-corrected chi connectivity index (χ1v) is 21.3. The van der Waals surface area contributed by atoms with Crippen LogP contribution >= 0.6 is 0 Å². The molecule has 0 spiro atoms. The SMILES string of the molecule is C=C(C(=C)[Si](C)(C)C)[Si](C)(C)C.O=C[NH][Ti]1([CH]2CCC3C=CC=CC32)[CH2][CH2]1. The van der Waals surface area contributed by atoms with E-state index >= 15 is 0 Å². The summed E-state index contributed by atoms with van der Waals surface area (Å²) in [6.45, 7) is 22.4. The Hall–Kier alpha value is -0.422. The number of hydrogen-bond donors (Lipinski definition) is 1. The summed E-state index contributed by atoms with van der Waals surface area (Å²) in [5.74, 6) is 1.53. The number of fused-ring (bicyclic) bond motifs is 1. The topological polar surface area (TPSA) is 29.1 Å². The summed E-state index contributed by atoms with van der Waals surface area (Å²) in [4.78, 5) is 10.7. The van der Waals surface area contributed by atoms with E-state index < -0.39 is 33.0 Å². The minimum absolute atomic E-state index is 0.755. The summed E-state index contributed by atoms with van der Waals surface area (Å²) in [5, 5.41) is 2.73. The van der Waals surface area contributed by atoms with Crippen LogP contribution in [0.5, 0.6) is 0 Å². The molecule has 0 radical (unpaired) electrons. The van der Waals surface area contributed by atoms with Gasteiger partial charge in [-0.1, -0.05) is 62.8 Å². The molecule has 3 rings (SSSR count). The zero-order chi connectivity index (χ0) is 20.5. The molecular weight excluding hydrogens is 398 g/mol. The molecule has 1 aliphatic heterocycles. The monoisotopic (exact) mass is 437 g/mol. The van der Waals surface area contributed by atoms with E-state index in [4.69, 9.17) is 0 Å².